The number of nitrogens with zero attached hydrogens (tertiary/aromatic N) is 4. The number of fused-ring (bicyclic) bond motifs is 1. The average molecular weight is 376 g/mol. The Morgan fingerprint density at radius 2 is 1.70 bits per heavy atom. The topological polar surface area (TPSA) is 50.5 Å². The fourth-order valence-corrected chi connectivity index (χ4v) is 4.07. The van der Waals surface area contributed by atoms with Crippen LogP contribution in [0.3, 0.4) is 0 Å². The lowest BCUT2D eigenvalue weighted by atomic mass is 10.2. The summed E-state index contributed by atoms with van der Waals surface area (Å²) in [6.45, 7) is 6.24. The van der Waals surface area contributed by atoms with Crippen LogP contribution in [-0.4, -0.2) is 27.7 Å². The molecule has 2 heterocycles. The predicted octanol–water partition coefficient (Wildman–Crippen LogP) is 3.21. The third kappa shape index (κ3) is 3.24. The van der Waals surface area contributed by atoms with Crippen molar-refractivity contribution < 1.29 is 0 Å². The van der Waals surface area contributed by atoms with Crippen LogP contribution in [0.1, 0.15) is 19.4 Å². The first-order chi connectivity index (χ1) is 13.2. The van der Waals surface area contributed by atoms with Gasteiger partial charge in [-0.2, -0.15) is 0 Å². The zero-order chi connectivity index (χ0) is 18.8. The summed E-state index contributed by atoms with van der Waals surface area (Å²) in [6, 6.07) is 17.9. The van der Waals surface area contributed by atoms with Crippen molar-refractivity contribution in [2.75, 3.05) is 18.0 Å². The quantitative estimate of drug-likeness (QED) is 0.537. The first-order valence-electron chi connectivity index (χ1n) is 9.01. The van der Waals surface area contributed by atoms with Crippen LogP contribution in [0.25, 0.3) is 22.4 Å². The van der Waals surface area contributed by atoms with Gasteiger partial charge < -0.3 is 4.90 Å². The van der Waals surface area contributed by atoms with Crippen molar-refractivity contribution in [1.82, 2.24) is 14.6 Å². The first kappa shape index (κ1) is 17.4. The van der Waals surface area contributed by atoms with Crippen LogP contribution in [0, 0.1) is 0 Å². The number of anilines is 1. The highest BCUT2D eigenvalue weighted by molar-refractivity contribution is 7.15. The lowest BCUT2D eigenvalue weighted by Crippen LogP contribution is -2.23. The van der Waals surface area contributed by atoms with E-state index in [4.69, 9.17) is 0 Å². The summed E-state index contributed by atoms with van der Waals surface area (Å²) in [5.41, 5.74) is 3.00. The Kier molecular flexibility index (Phi) is 4.73. The fraction of sp³-hybridized carbons (Fsp3) is 0.190. The fourth-order valence-electron chi connectivity index (χ4n) is 3.16. The number of hydrogen-bond donors (Lipinski definition) is 0. The van der Waals surface area contributed by atoms with Crippen LogP contribution >= 0.6 is 11.3 Å². The second kappa shape index (κ2) is 7.32. The van der Waals surface area contributed by atoms with E-state index >= 15 is 0 Å². The maximum Gasteiger partial charge on any atom is 0.276 e. The van der Waals surface area contributed by atoms with E-state index in [0.29, 0.717) is 15.3 Å². The van der Waals surface area contributed by atoms with E-state index in [2.05, 4.69) is 41.1 Å². The summed E-state index contributed by atoms with van der Waals surface area (Å²) in [5.74, 6) is 0.586. The Morgan fingerprint density at radius 3 is 2.37 bits per heavy atom. The molecule has 0 saturated heterocycles. The first-order valence-corrected chi connectivity index (χ1v) is 9.83. The van der Waals surface area contributed by atoms with Crippen molar-refractivity contribution in [2.45, 2.75) is 13.8 Å². The molecule has 0 fully saturated rings. The summed E-state index contributed by atoms with van der Waals surface area (Å²) in [6.07, 6.45) is 1.92. The van der Waals surface area contributed by atoms with Crippen molar-refractivity contribution >= 4 is 28.1 Å². The Balaban J connectivity index is 1.75. The molecule has 4 aromatic rings. The second-order valence-electron chi connectivity index (χ2n) is 6.19. The van der Waals surface area contributed by atoms with Crippen LogP contribution in [0.2, 0.25) is 0 Å². The molecule has 0 aliphatic carbocycles. The summed E-state index contributed by atoms with van der Waals surface area (Å²) >= 11 is 1.36. The van der Waals surface area contributed by atoms with Gasteiger partial charge in [0.2, 0.25) is 4.96 Å². The number of rotatable bonds is 5. The standard InChI is InChI=1S/C21H20N4OS/c1-3-24(4-2)17-12-10-15(11-13-17)14-18-20(26)25-19(22-23-21(25)27-18)16-8-6-5-7-9-16/h5-14H,3-4H2,1-2H3/b18-14+. The second-order valence-corrected chi connectivity index (χ2v) is 7.20. The summed E-state index contributed by atoms with van der Waals surface area (Å²) in [4.78, 5) is 15.8. The van der Waals surface area contributed by atoms with Crippen molar-refractivity contribution in [1.29, 1.82) is 0 Å². The van der Waals surface area contributed by atoms with Gasteiger partial charge in [-0.05, 0) is 37.6 Å². The van der Waals surface area contributed by atoms with Crippen LogP contribution in [0.5, 0.6) is 0 Å². The molecule has 2 aromatic carbocycles. The van der Waals surface area contributed by atoms with E-state index in [0.717, 1.165) is 24.2 Å². The van der Waals surface area contributed by atoms with Crippen molar-refractivity contribution in [2.24, 2.45) is 0 Å². The Morgan fingerprint density at radius 1 is 1.00 bits per heavy atom. The molecule has 0 aliphatic rings. The molecule has 0 atom stereocenters. The van der Waals surface area contributed by atoms with Crippen LogP contribution in [0.4, 0.5) is 5.69 Å². The van der Waals surface area contributed by atoms with E-state index in [1.807, 2.05) is 48.5 Å². The van der Waals surface area contributed by atoms with E-state index in [1.54, 1.807) is 4.40 Å². The van der Waals surface area contributed by atoms with Gasteiger partial charge in [-0.1, -0.05) is 53.8 Å². The molecular weight excluding hydrogens is 356 g/mol. The zero-order valence-electron chi connectivity index (χ0n) is 15.3. The maximum absolute atomic E-state index is 12.9. The minimum Gasteiger partial charge on any atom is -0.372 e. The van der Waals surface area contributed by atoms with E-state index < -0.39 is 0 Å². The Bertz CT molecular complexity index is 1160. The van der Waals surface area contributed by atoms with E-state index in [9.17, 15) is 4.79 Å². The molecule has 0 N–H and O–H groups in total. The molecule has 0 aliphatic heterocycles. The van der Waals surface area contributed by atoms with Gasteiger partial charge in [0.05, 0.1) is 4.53 Å². The highest BCUT2D eigenvalue weighted by atomic mass is 32.1. The number of benzene rings is 2. The molecule has 136 valence electrons. The van der Waals surface area contributed by atoms with E-state index in [1.165, 1.54) is 17.0 Å². The lowest BCUT2D eigenvalue weighted by Gasteiger charge is -2.20. The molecule has 27 heavy (non-hydrogen) atoms. The largest absolute Gasteiger partial charge is 0.372 e. The third-order valence-corrected chi connectivity index (χ3v) is 5.56. The van der Waals surface area contributed by atoms with Crippen LogP contribution in [-0.2, 0) is 0 Å². The highest BCUT2D eigenvalue weighted by Gasteiger charge is 2.13. The van der Waals surface area contributed by atoms with Gasteiger partial charge in [0, 0.05) is 24.3 Å². The summed E-state index contributed by atoms with van der Waals surface area (Å²) < 4.78 is 2.25. The van der Waals surface area contributed by atoms with Gasteiger partial charge in [0.15, 0.2) is 5.82 Å². The number of aromatic nitrogens is 3. The monoisotopic (exact) mass is 376 g/mol. The van der Waals surface area contributed by atoms with Crippen molar-refractivity contribution in [3.63, 3.8) is 0 Å². The number of hydrogen-bond acceptors (Lipinski definition) is 5. The Hall–Kier alpha value is -2.99. The smallest absolute Gasteiger partial charge is 0.276 e. The molecule has 0 saturated carbocycles. The predicted molar refractivity (Wildman–Crippen MR) is 111 cm³/mol. The molecule has 0 bridgehead atoms. The minimum atomic E-state index is -0.0772. The SMILES string of the molecule is CCN(CC)c1ccc(/C=c2/sc3nnc(-c4ccccc4)n3c2=O)cc1. The summed E-state index contributed by atoms with van der Waals surface area (Å²) in [7, 11) is 0. The van der Waals surface area contributed by atoms with Gasteiger partial charge in [-0.15, -0.1) is 10.2 Å². The molecule has 5 nitrogen and oxygen atoms in total. The van der Waals surface area contributed by atoms with Gasteiger partial charge in [-0.3, -0.25) is 4.79 Å². The van der Waals surface area contributed by atoms with Crippen LogP contribution < -0.4 is 15.0 Å². The van der Waals surface area contributed by atoms with Gasteiger partial charge in [0.1, 0.15) is 0 Å². The molecular formula is C21H20N4OS. The minimum absolute atomic E-state index is 0.0772. The van der Waals surface area contributed by atoms with E-state index in [-0.39, 0.29) is 5.56 Å². The molecule has 2 aromatic heterocycles. The lowest BCUT2D eigenvalue weighted by molar-refractivity contribution is 0.866. The van der Waals surface area contributed by atoms with Gasteiger partial charge in [0.25, 0.3) is 5.56 Å². The van der Waals surface area contributed by atoms with Gasteiger partial charge in [-0.25, -0.2) is 4.40 Å². The highest BCUT2D eigenvalue weighted by Crippen LogP contribution is 2.18. The maximum atomic E-state index is 12.9. The Labute approximate surface area is 161 Å². The summed E-state index contributed by atoms with van der Waals surface area (Å²) in [5, 5.41) is 8.37. The zero-order valence-corrected chi connectivity index (χ0v) is 16.1. The number of thiazole rings is 1. The van der Waals surface area contributed by atoms with Crippen molar-refractivity contribution in [3.8, 4) is 11.4 Å². The normalized spacial score (nSPS) is 12.0. The molecule has 6 heteroatoms. The third-order valence-electron chi connectivity index (χ3n) is 4.60. The van der Waals surface area contributed by atoms with Crippen LogP contribution in [0.15, 0.2) is 59.4 Å². The molecule has 4 rings (SSSR count). The molecule has 0 unspecified atom stereocenters. The van der Waals surface area contributed by atoms with Crippen molar-refractivity contribution in [3.05, 3.63) is 75.0 Å². The molecule has 0 radical (unpaired) electrons. The molecule has 0 spiro atoms. The van der Waals surface area contributed by atoms with Gasteiger partial charge >= 0.3 is 0 Å². The average Bonchev–Trinajstić information content (AvgIpc) is 3.25. The molecule has 0 amide bonds.